The number of aryl methyl sites for hydroxylation is 1. The number of aromatic nitrogens is 2. The number of benzene rings is 1. The molecule has 0 radical (unpaired) electrons. The van der Waals surface area contributed by atoms with Crippen molar-refractivity contribution >= 4 is 48.0 Å². The van der Waals surface area contributed by atoms with E-state index in [2.05, 4.69) is 39.6 Å². The molecular formula is C20H29Cl2N7. The third-order valence-corrected chi connectivity index (χ3v) is 4.90. The minimum absolute atomic E-state index is 0. The lowest BCUT2D eigenvalue weighted by molar-refractivity contribution is 0.616. The Morgan fingerprint density at radius 1 is 1.28 bits per heavy atom. The summed E-state index contributed by atoms with van der Waals surface area (Å²) < 4.78 is 0. The molecule has 0 saturated carbocycles. The number of hydrogen-bond acceptors (Lipinski definition) is 7. The van der Waals surface area contributed by atoms with Crippen LogP contribution in [-0.2, 0) is 6.42 Å². The summed E-state index contributed by atoms with van der Waals surface area (Å²) in [7, 11) is 2.00. The van der Waals surface area contributed by atoms with Crippen LogP contribution in [0.3, 0.4) is 0 Å². The molecule has 0 aliphatic carbocycles. The molecule has 3 rings (SSSR count). The Morgan fingerprint density at radius 2 is 2.07 bits per heavy atom. The van der Waals surface area contributed by atoms with Crippen molar-refractivity contribution in [3.05, 3.63) is 35.5 Å². The Morgan fingerprint density at radius 3 is 2.72 bits per heavy atom. The lowest BCUT2D eigenvalue weighted by Crippen LogP contribution is -2.30. The molecule has 1 aliphatic heterocycles. The van der Waals surface area contributed by atoms with Crippen LogP contribution < -0.4 is 21.3 Å². The third kappa shape index (κ3) is 6.36. The molecule has 2 aromatic rings. The van der Waals surface area contributed by atoms with Crippen molar-refractivity contribution in [2.75, 3.05) is 36.1 Å². The molecule has 158 valence electrons. The molecule has 2 heterocycles. The second-order valence-corrected chi connectivity index (χ2v) is 6.90. The number of anilines is 4. The van der Waals surface area contributed by atoms with Gasteiger partial charge in [-0.05, 0) is 44.5 Å². The number of nitrogens with one attached hydrogen (secondary N) is 2. The van der Waals surface area contributed by atoms with E-state index in [4.69, 9.17) is 10.7 Å². The molecule has 0 spiro atoms. The van der Waals surface area contributed by atoms with Gasteiger partial charge in [-0.2, -0.15) is 10.2 Å². The molecule has 0 amide bonds. The van der Waals surface area contributed by atoms with Crippen molar-refractivity contribution in [1.29, 1.82) is 5.26 Å². The second-order valence-electron chi connectivity index (χ2n) is 6.90. The van der Waals surface area contributed by atoms with Gasteiger partial charge in [-0.25, -0.2) is 4.98 Å². The van der Waals surface area contributed by atoms with Crippen LogP contribution in [0.2, 0.25) is 0 Å². The summed E-state index contributed by atoms with van der Waals surface area (Å²) >= 11 is 0. The summed E-state index contributed by atoms with van der Waals surface area (Å²) in [5.41, 5.74) is 8.52. The minimum atomic E-state index is 0. The maximum absolute atomic E-state index is 9.18. The van der Waals surface area contributed by atoms with Gasteiger partial charge in [0.15, 0.2) is 0 Å². The van der Waals surface area contributed by atoms with Gasteiger partial charge in [-0.3, -0.25) is 0 Å². The molecule has 1 fully saturated rings. The van der Waals surface area contributed by atoms with Crippen molar-refractivity contribution in [3.63, 3.8) is 0 Å². The zero-order chi connectivity index (χ0) is 19.2. The first-order chi connectivity index (χ1) is 13.1. The maximum Gasteiger partial charge on any atom is 0.229 e. The van der Waals surface area contributed by atoms with E-state index >= 15 is 0 Å². The quantitative estimate of drug-likeness (QED) is 0.567. The van der Waals surface area contributed by atoms with E-state index in [1.165, 1.54) is 0 Å². The number of nitriles is 1. The lowest BCUT2D eigenvalue weighted by Gasteiger charge is -2.19. The number of nitrogen functional groups attached to an aromatic ring is 1. The van der Waals surface area contributed by atoms with Gasteiger partial charge >= 0.3 is 0 Å². The lowest BCUT2D eigenvalue weighted by atomic mass is 10.2. The molecule has 1 aromatic carbocycles. The summed E-state index contributed by atoms with van der Waals surface area (Å²) in [6.45, 7) is 4.10. The van der Waals surface area contributed by atoms with Gasteiger partial charge in [-0.1, -0.05) is 13.3 Å². The van der Waals surface area contributed by atoms with Gasteiger partial charge in [-0.15, -0.1) is 24.8 Å². The molecule has 1 atom stereocenters. The van der Waals surface area contributed by atoms with Crippen molar-refractivity contribution in [1.82, 2.24) is 15.3 Å². The average molecular weight is 438 g/mol. The van der Waals surface area contributed by atoms with E-state index < -0.39 is 0 Å². The number of likely N-dealkylation sites (N-methyl/N-ethyl adjacent to an activating group) is 1. The first kappa shape index (κ1) is 24.8. The van der Waals surface area contributed by atoms with E-state index in [9.17, 15) is 5.26 Å². The summed E-state index contributed by atoms with van der Waals surface area (Å²) in [5.74, 6) is 1.51. The molecule has 1 saturated heterocycles. The number of rotatable bonds is 7. The van der Waals surface area contributed by atoms with Crippen LogP contribution in [-0.4, -0.2) is 36.1 Å². The highest BCUT2D eigenvalue weighted by molar-refractivity contribution is 5.85. The Hall–Kier alpha value is -2.27. The van der Waals surface area contributed by atoms with Gasteiger partial charge in [0.05, 0.1) is 5.56 Å². The van der Waals surface area contributed by atoms with Crippen molar-refractivity contribution < 1.29 is 0 Å². The normalized spacial score (nSPS) is 15.2. The number of hydrogen-bond donors (Lipinski definition) is 3. The minimum Gasteiger partial charge on any atom is -0.398 e. The molecule has 7 nitrogen and oxygen atoms in total. The van der Waals surface area contributed by atoms with E-state index in [-0.39, 0.29) is 24.8 Å². The second kappa shape index (κ2) is 11.7. The van der Waals surface area contributed by atoms with Gasteiger partial charge in [0.1, 0.15) is 11.9 Å². The van der Waals surface area contributed by atoms with Crippen LogP contribution in [0, 0.1) is 11.3 Å². The fourth-order valence-electron chi connectivity index (χ4n) is 3.25. The molecule has 1 unspecified atom stereocenters. The Balaban J connectivity index is 0.00000210. The zero-order valence-electron chi connectivity index (χ0n) is 16.8. The fourth-order valence-corrected chi connectivity index (χ4v) is 3.25. The van der Waals surface area contributed by atoms with E-state index in [0.717, 1.165) is 56.0 Å². The van der Waals surface area contributed by atoms with Crippen LogP contribution in [0.4, 0.5) is 23.1 Å². The molecule has 9 heteroatoms. The number of unbranched alkanes of at least 4 members (excludes halogenated alkanes) is 1. The van der Waals surface area contributed by atoms with Crippen molar-refractivity contribution in [2.24, 2.45) is 0 Å². The van der Waals surface area contributed by atoms with Crippen LogP contribution in [0.1, 0.15) is 37.4 Å². The predicted molar refractivity (Wildman–Crippen MR) is 124 cm³/mol. The molecule has 4 N–H and O–H groups in total. The van der Waals surface area contributed by atoms with Crippen molar-refractivity contribution in [3.8, 4) is 6.07 Å². The van der Waals surface area contributed by atoms with Gasteiger partial charge in [0.2, 0.25) is 5.95 Å². The van der Waals surface area contributed by atoms with E-state index in [0.29, 0.717) is 23.2 Å². The Labute approximate surface area is 184 Å². The topological polar surface area (TPSA) is 103 Å². The number of nitrogens with zero attached hydrogens (tertiary/aromatic N) is 4. The van der Waals surface area contributed by atoms with Crippen LogP contribution in [0.5, 0.6) is 0 Å². The monoisotopic (exact) mass is 437 g/mol. The first-order valence-corrected chi connectivity index (χ1v) is 9.49. The fraction of sp³-hybridized carbons (Fsp3) is 0.450. The average Bonchev–Trinajstić information content (AvgIpc) is 3.17. The van der Waals surface area contributed by atoms with Gasteiger partial charge in [0.25, 0.3) is 0 Å². The van der Waals surface area contributed by atoms with E-state index in [1.807, 2.05) is 13.1 Å². The number of halogens is 2. The zero-order valence-corrected chi connectivity index (χ0v) is 18.4. The molecular weight excluding hydrogens is 409 g/mol. The summed E-state index contributed by atoms with van der Waals surface area (Å²) in [4.78, 5) is 11.7. The summed E-state index contributed by atoms with van der Waals surface area (Å²) in [6, 6.07) is 9.99. The maximum atomic E-state index is 9.18. The smallest absolute Gasteiger partial charge is 0.229 e. The van der Waals surface area contributed by atoms with E-state index in [1.54, 1.807) is 12.1 Å². The summed E-state index contributed by atoms with van der Waals surface area (Å²) in [5, 5.41) is 15.8. The highest BCUT2D eigenvalue weighted by Gasteiger charge is 2.23. The third-order valence-electron chi connectivity index (χ3n) is 4.90. The largest absolute Gasteiger partial charge is 0.398 e. The van der Waals surface area contributed by atoms with Gasteiger partial charge in [0, 0.05) is 42.3 Å². The molecule has 0 bridgehead atoms. The van der Waals surface area contributed by atoms with Crippen molar-refractivity contribution in [2.45, 2.75) is 38.6 Å². The van der Waals surface area contributed by atoms with Crippen LogP contribution in [0.25, 0.3) is 0 Å². The SMILES string of the molecule is CCCCc1cc(N2CCC(NC)C2)nc(Nc2ccc(N)c(C#N)c2)n1.Cl.Cl. The Bertz CT molecular complexity index is 838. The molecule has 1 aliphatic rings. The highest BCUT2D eigenvalue weighted by Crippen LogP contribution is 2.24. The molecule has 29 heavy (non-hydrogen) atoms. The molecule has 1 aromatic heterocycles. The predicted octanol–water partition coefficient (Wildman–Crippen LogP) is 3.66. The number of nitrogens with two attached hydrogens (primary N) is 1. The van der Waals surface area contributed by atoms with Crippen LogP contribution in [0.15, 0.2) is 24.3 Å². The summed E-state index contributed by atoms with van der Waals surface area (Å²) in [6.07, 6.45) is 4.25. The Kier molecular flexibility index (Phi) is 9.96. The first-order valence-electron chi connectivity index (χ1n) is 9.49. The standard InChI is InChI=1S/C20H27N7.2ClH/c1-3-4-5-15-11-19(27-9-8-17(13-27)23-2)26-20(24-15)25-16-6-7-18(22)14(10-16)12-21;;/h6-7,10-11,17,23H,3-5,8-9,13,22H2,1-2H3,(H,24,25,26);2*1H. The van der Waals surface area contributed by atoms with Crippen LogP contribution >= 0.6 is 24.8 Å². The highest BCUT2D eigenvalue weighted by atomic mass is 35.5. The van der Waals surface area contributed by atoms with Gasteiger partial charge < -0.3 is 21.3 Å².